The lowest BCUT2D eigenvalue weighted by Gasteiger charge is -2.33. The Kier molecular flexibility index (Phi) is 11.8. The van der Waals surface area contributed by atoms with Crippen LogP contribution < -0.4 is 16.0 Å². The Morgan fingerprint density at radius 2 is 1.71 bits per heavy atom. The van der Waals surface area contributed by atoms with Gasteiger partial charge in [0.15, 0.2) is 0 Å². The van der Waals surface area contributed by atoms with Crippen LogP contribution in [0.2, 0.25) is 0 Å². The smallest absolute Gasteiger partial charge is 0.408 e. The number of nitrogens with one attached hydrogen (secondary N) is 3. The molecule has 0 radical (unpaired) electrons. The van der Waals surface area contributed by atoms with E-state index >= 15 is 0 Å². The molecule has 13 heteroatoms. The van der Waals surface area contributed by atoms with Gasteiger partial charge in [-0.1, -0.05) is 6.07 Å². The molecule has 3 N–H and O–H groups in total. The largest absolute Gasteiger partial charge is 0.444 e. The van der Waals surface area contributed by atoms with Gasteiger partial charge in [0, 0.05) is 46.0 Å². The zero-order valence-electron chi connectivity index (χ0n) is 26.3. The monoisotopic (exact) mass is 589 g/mol. The molecule has 0 saturated carbocycles. The summed E-state index contributed by atoms with van der Waals surface area (Å²) in [4.78, 5) is 74.4. The Morgan fingerprint density at radius 3 is 2.26 bits per heavy atom. The standard InChI is InChI=1S/C29H47N7O6/c1-28(2,3)42-27(41)32-21(18-34(6)7)25(39)36-15-11-13-22(36)23(37)33-29(4,5)26(40)31-20(24(38)35(8)9)16-19-12-10-14-30-17-19/h10,12,14,17,20-22H,11,13,15-16,18H2,1-9H3,(H,31,40)(H,32,41)(H,33,37)/t20-,21-,22+/m0/s1. The van der Waals surface area contributed by atoms with Crippen LogP contribution in [0.1, 0.15) is 53.0 Å². The number of likely N-dealkylation sites (tertiary alicyclic amines) is 1. The van der Waals surface area contributed by atoms with Crippen LogP contribution in [0.15, 0.2) is 24.5 Å². The lowest BCUT2D eigenvalue weighted by Crippen LogP contribution is -2.62. The molecule has 0 spiro atoms. The molecule has 0 aromatic carbocycles. The van der Waals surface area contributed by atoms with Crippen LogP contribution in [-0.4, -0.2) is 120 Å². The van der Waals surface area contributed by atoms with Crippen molar-refractivity contribution in [2.75, 3.05) is 41.3 Å². The van der Waals surface area contributed by atoms with Crippen molar-refractivity contribution in [3.63, 3.8) is 0 Å². The molecular weight excluding hydrogens is 542 g/mol. The number of rotatable bonds is 11. The van der Waals surface area contributed by atoms with E-state index in [-0.39, 0.29) is 18.9 Å². The Bertz CT molecular complexity index is 1120. The summed E-state index contributed by atoms with van der Waals surface area (Å²) in [6.07, 6.45) is 3.73. The van der Waals surface area contributed by atoms with Crippen molar-refractivity contribution in [3.05, 3.63) is 30.1 Å². The minimum atomic E-state index is -1.40. The molecule has 1 aliphatic heterocycles. The molecule has 234 valence electrons. The molecule has 1 aliphatic rings. The molecule has 13 nitrogen and oxygen atoms in total. The maximum Gasteiger partial charge on any atom is 0.408 e. The Balaban J connectivity index is 2.15. The van der Waals surface area contributed by atoms with Crippen molar-refractivity contribution in [1.82, 2.24) is 35.6 Å². The lowest BCUT2D eigenvalue weighted by molar-refractivity contribution is -0.142. The van der Waals surface area contributed by atoms with Gasteiger partial charge < -0.3 is 35.4 Å². The minimum absolute atomic E-state index is 0.203. The Morgan fingerprint density at radius 1 is 1.05 bits per heavy atom. The molecule has 2 rings (SSSR count). The van der Waals surface area contributed by atoms with Gasteiger partial charge >= 0.3 is 6.09 Å². The van der Waals surface area contributed by atoms with Gasteiger partial charge in [0.05, 0.1) is 0 Å². The maximum absolute atomic E-state index is 13.6. The average molecular weight is 590 g/mol. The van der Waals surface area contributed by atoms with E-state index in [1.54, 1.807) is 86.2 Å². The summed E-state index contributed by atoms with van der Waals surface area (Å²) in [7, 11) is 6.75. The van der Waals surface area contributed by atoms with Crippen molar-refractivity contribution < 1.29 is 28.7 Å². The molecule has 3 atom stereocenters. The number of likely N-dealkylation sites (N-methyl/N-ethyl adjacent to an activating group) is 2. The van der Waals surface area contributed by atoms with Crippen LogP contribution in [0, 0.1) is 0 Å². The third-order valence-electron chi connectivity index (χ3n) is 6.59. The number of aromatic nitrogens is 1. The number of pyridine rings is 1. The van der Waals surface area contributed by atoms with E-state index in [1.807, 2.05) is 6.07 Å². The first-order chi connectivity index (χ1) is 19.4. The first kappa shape index (κ1) is 34.5. The molecule has 1 aromatic rings. The Labute approximate surface area is 248 Å². The van der Waals surface area contributed by atoms with Gasteiger partial charge in [-0.05, 0) is 73.2 Å². The van der Waals surface area contributed by atoms with Crippen LogP contribution >= 0.6 is 0 Å². The summed E-state index contributed by atoms with van der Waals surface area (Å²) in [6.45, 7) is 8.80. The molecule has 5 amide bonds. The summed E-state index contributed by atoms with van der Waals surface area (Å²) in [5.41, 5.74) is -1.37. The molecule has 0 bridgehead atoms. The van der Waals surface area contributed by atoms with E-state index in [4.69, 9.17) is 4.74 Å². The molecule has 1 fully saturated rings. The van der Waals surface area contributed by atoms with Crippen molar-refractivity contribution >= 4 is 29.7 Å². The fourth-order valence-electron chi connectivity index (χ4n) is 4.56. The quantitative estimate of drug-likeness (QED) is 0.338. The highest BCUT2D eigenvalue weighted by Gasteiger charge is 2.41. The van der Waals surface area contributed by atoms with Crippen LogP contribution in [-0.2, 0) is 30.3 Å². The molecule has 42 heavy (non-hydrogen) atoms. The predicted octanol–water partition coefficient (Wildman–Crippen LogP) is 0.538. The average Bonchev–Trinajstić information content (AvgIpc) is 3.36. The van der Waals surface area contributed by atoms with Gasteiger partial charge in [-0.2, -0.15) is 0 Å². The van der Waals surface area contributed by atoms with E-state index in [9.17, 15) is 24.0 Å². The third kappa shape index (κ3) is 10.3. The summed E-state index contributed by atoms with van der Waals surface area (Å²) in [5.74, 6) is -1.76. The molecular formula is C29H47N7O6. The third-order valence-corrected chi connectivity index (χ3v) is 6.59. The normalized spacial score (nSPS) is 16.8. The van der Waals surface area contributed by atoms with E-state index in [2.05, 4.69) is 20.9 Å². The van der Waals surface area contributed by atoms with Crippen LogP contribution in [0.25, 0.3) is 0 Å². The first-order valence-electron chi connectivity index (χ1n) is 14.1. The lowest BCUT2D eigenvalue weighted by atomic mass is 10.00. The molecule has 1 saturated heterocycles. The van der Waals surface area contributed by atoms with Gasteiger partial charge in [0.25, 0.3) is 0 Å². The second-order valence-corrected chi connectivity index (χ2v) is 12.6. The van der Waals surface area contributed by atoms with E-state index in [0.717, 1.165) is 5.56 Å². The summed E-state index contributed by atoms with van der Waals surface area (Å²) < 4.78 is 5.34. The topological polar surface area (TPSA) is 153 Å². The van der Waals surface area contributed by atoms with Gasteiger partial charge in [-0.15, -0.1) is 0 Å². The highest BCUT2D eigenvalue weighted by molar-refractivity contribution is 5.97. The van der Waals surface area contributed by atoms with Crippen molar-refractivity contribution in [2.24, 2.45) is 0 Å². The van der Waals surface area contributed by atoms with Crippen LogP contribution in [0.3, 0.4) is 0 Å². The number of ether oxygens (including phenoxy) is 1. The highest BCUT2D eigenvalue weighted by atomic mass is 16.6. The van der Waals surface area contributed by atoms with Gasteiger partial charge in [0.1, 0.15) is 29.3 Å². The highest BCUT2D eigenvalue weighted by Crippen LogP contribution is 2.20. The zero-order valence-corrected chi connectivity index (χ0v) is 26.3. The maximum atomic E-state index is 13.6. The van der Waals surface area contributed by atoms with Crippen LogP contribution in [0.4, 0.5) is 4.79 Å². The predicted molar refractivity (Wildman–Crippen MR) is 157 cm³/mol. The van der Waals surface area contributed by atoms with Gasteiger partial charge in [0.2, 0.25) is 23.6 Å². The fourth-order valence-corrected chi connectivity index (χ4v) is 4.56. The molecule has 1 aromatic heterocycles. The minimum Gasteiger partial charge on any atom is -0.444 e. The van der Waals surface area contributed by atoms with E-state index in [1.165, 1.54) is 9.80 Å². The second kappa shape index (κ2) is 14.4. The number of nitrogens with zero attached hydrogens (tertiary/aromatic N) is 4. The Hall–Kier alpha value is -3.74. The van der Waals surface area contributed by atoms with Crippen molar-refractivity contribution in [3.8, 4) is 0 Å². The molecule has 0 unspecified atom stereocenters. The molecule has 2 heterocycles. The number of hydrogen-bond acceptors (Lipinski definition) is 8. The first-order valence-corrected chi connectivity index (χ1v) is 14.1. The van der Waals surface area contributed by atoms with Gasteiger partial charge in [-0.25, -0.2) is 4.79 Å². The molecule has 0 aliphatic carbocycles. The van der Waals surface area contributed by atoms with Crippen molar-refractivity contribution in [2.45, 2.75) is 83.1 Å². The number of amides is 5. The summed E-state index contributed by atoms with van der Waals surface area (Å²) in [6, 6.07) is 0.922. The fraction of sp³-hybridized carbons (Fsp3) is 0.655. The van der Waals surface area contributed by atoms with E-state index < -0.39 is 53.1 Å². The number of hydrogen-bond donors (Lipinski definition) is 3. The zero-order chi connectivity index (χ0) is 31.8. The number of carbonyl (C=O) groups excluding carboxylic acids is 5. The summed E-state index contributed by atoms with van der Waals surface area (Å²) in [5, 5.41) is 8.18. The van der Waals surface area contributed by atoms with Crippen molar-refractivity contribution in [1.29, 1.82) is 0 Å². The number of carbonyl (C=O) groups is 5. The van der Waals surface area contributed by atoms with Gasteiger partial charge in [-0.3, -0.25) is 24.2 Å². The van der Waals surface area contributed by atoms with Crippen LogP contribution in [0.5, 0.6) is 0 Å². The van der Waals surface area contributed by atoms with E-state index in [0.29, 0.717) is 19.4 Å². The summed E-state index contributed by atoms with van der Waals surface area (Å²) >= 11 is 0. The second-order valence-electron chi connectivity index (χ2n) is 12.6. The number of alkyl carbamates (subject to hydrolysis) is 1. The SMILES string of the molecule is CN(C)C[C@H](NC(=O)OC(C)(C)C)C(=O)N1CCC[C@@H]1C(=O)NC(C)(C)C(=O)N[C@@H](Cc1cccnc1)C(=O)N(C)C.